The molecule has 0 aliphatic rings. The molecular weight excluding hydrogens is 256 g/mol. The minimum atomic E-state index is -0.344. The second kappa shape index (κ2) is 9.02. The second-order valence-corrected chi connectivity index (χ2v) is 4.07. The molecule has 0 amide bonds. The van der Waals surface area contributed by atoms with Gasteiger partial charge in [-0.25, -0.2) is 4.79 Å². The van der Waals surface area contributed by atoms with Gasteiger partial charge in [-0.05, 0) is 38.5 Å². The van der Waals surface area contributed by atoms with Crippen LogP contribution in [0.3, 0.4) is 0 Å². The molecule has 0 aromatic heterocycles. The Morgan fingerprint density at radius 2 is 1.90 bits per heavy atom. The maximum absolute atomic E-state index is 11.4. The van der Waals surface area contributed by atoms with E-state index < -0.39 is 0 Å². The number of esters is 1. The Kier molecular flexibility index (Phi) is 7.25. The molecule has 0 heterocycles. The summed E-state index contributed by atoms with van der Waals surface area (Å²) in [5, 5.41) is 0. The highest BCUT2D eigenvalue weighted by Gasteiger charge is 2.04. The smallest absolute Gasteiger partial charge is 0.330 e. The fraction of sp³-hybridized carbons (Fsp3) is 0.438. The van der Waals surface area contributed by atoms with Crippen LogP contribution in [0.5, 0.6) is 11.5 Å². The first-order valence-corrected chi connectivity index (χ1v) is 6.95. The van der Waals surface area contributed by atoms with Gasteiger partial charge in [0.25, 0.3) is 0 Å². The third-order valence-electron chi connectivity index (χ3n) is 2.44. The van der Waals surface area contributed by atoms with Crippen molar-refractivity contribution in [2.75, 3.05) is 19.8 Å². The molecular formula is C16H22O4. The van der Waals surface area contributed by atoms with Crippen LogP contribution < -0.4 is 9.47 Å². The minimum Gasteiger partial charge on any atom is -0.494 e. The van der Waals surface area contributed by atoms with E-state index in [1.54, 1.807) is 6.08 Å². The molecule has 0 saturated heterocycles. The van der Waals surface area contributed by atoms with E-state index in [0.717, 1.165) is 17.7 Å². The third kappa shape index (κ3) is 5.34. The van der Waals surface area contributed by atoms with Crippen LogP contribution in [0.25, 0.3) is 6.08 Å². The molecule has 0 aliphatic carbocycles. The Bertz CT molecular complexity index is 452. The van der Waals surface area contributed by atoms with Gasteiger partial charge < -0.3 is 14.2 Å². The maximum Gasteiger partial charge on any atom is 0.330 e. The Balaban J connectivity index is 2.82. The van der Waals surface area contributed by atoms with Crippen molar-refractivity contribution in [3.05, 3.63) is 29.8 Å². The van der Waals surface area contributed by atoms with Crippen molar-refractivity contribution >= 4 is 12.0 Å². The van der Waals surface area contributed by atoms with Gasteiger partial charge in [0.1, 0.15) is 11.5 Å². The minimum absolute atomic E-state index is 0.344. The van der Waals surface area contributed by atoms with Crippen molar-refractivity contribution in [3.8, 4) is 11.5 Å². The van der Waals surface area contributed by atoms with E-state index in [1.807, 2.05) is 39.0 Å². The van der Waals surface area contributed by atoms with Gasteiger partial charge in [0.15, 0.2) is 0 Å². The van der Waals surface area contributed by atoms with E-state index in [-0.39, 0.29) is 5.97 Å². The number of carbonyl (C=O) groups is 1. The second-order valence-electron chi connectivity index (χ2n) is 4.07. The molecule has 0 saturated carbocycles. The van der Waals surface area contributed by atoms with Gasteiger partial charge in [-0.3, -0.25) is 0 Å². The summed E-state index contributed by atoms with van der Waals surface area (Å²) in [5.41, 5.74) is 0.823. The molecule has 0 spiro atoms. The molecule has 20 heavy (non-hydrogen) atoms. The maximum atomic E-state index is 11.4. The van der Waals surface area contributed by atoms with E-state index in [4.69, 9.17) is 14.2 Å². The molecule has 4 heteroatoms. The lowest BCUT2D eigenvalue weighted by atomic mass is 10.1. The van der Waals surface area contributed by atoms with Gasteiger partial charge in [-0.1, -0.05) is 6.92 Å². The first-order chi connectivity index (χ1) is 9.71. The Labute approximate surface area is 120 Å². The van der Waals surface area contributed by atoms with Crippen LogP contribution in [0, 0.1) is 0 Å². The highest BCUT2D eigenvalue weighted by Crippen LogP contribution is 2.26. The van der Waals surface area contributed by atoms with Crippen LogP contribution in [-0.4, -0.2) is 25.8 Å². The van der Waals surface area contributed by atoms with E-state index in [2.05, 4.69) is 0 Å². The number of ether oxygens (including phenoxy) is 3. The quantitative estimate of drug-likeness (QED) is 0.539. The summed E-state index contributed by atoms with van der Waals surface area (Å²) in [6.45, 7) is 7.39. The fourth-order valence-corrected chi connectivity index (χ4v) is 1.60. The van der Waals surface area contributed by atoms with Gasteiger partial charge in [0, 0.05) is 17.7 Å². The molecule has 4 nitrogen and oxygen atoms in total. The molecule has 1 aromatic carbocycles. The van der Waals surface area contributed by atoms with Crippen molar-refractivity contribution in [3.63, 3.8) is 0 Å². The van der Waals surface area contributed by atoms with Gasteiger partial charge in [0.05, 0.1) is 19.8 Å². The number of hydrogen-bond acceptors (Lipinski definition) is 4. The normalized spacial score (nSPS) is 10.6. The molecule has 0 aliphatic heterocycles. The zero-order valence-corrected chi connectivity index (χ0v) is 12.3. The first kappa shape index (κ1) is 16.1. The van der Waals surface area contributed by atoms with Gasteiger partial charge >= 0.3 is 5.97 Å². The van der Waals surface area contributed by atoms with Gasteiger partial charge in [-0.15, -0.1) is 0 Å². The molecule has 110 valence electrons. The summed E-state index contributed by atoms with van der Waals surface area (Å²) < 4.78 is 16.0. The monoisotopic (exact) mass is 278 g/mol. The molecule has 1 rings (SSSR count). The zero-order chi connectivity index (χ0) is 14.8. The molecule has 0 bridgehead atoms. The predicted octanol–water partition coefficient (Wildman–Crippen LogP) is 3.45. The number of hydrogen-bond donors (Lipinski definition) is 0. The predicted molar refractivity (Wildman–Crippen MR) is 79.1 cm³/mol. The van der Waals surface area contributed by atoms with Crippen molar-refractivity contribution in [2.45, 2.75) is 27.2 Å². The Hall–Kier alpha value is -1.97. The number of carbonyl (C=O) groups excluding carboxylic acids is 1. The number of rotatable bonds is 8. The standard InChI is InChI=1S/C16H22O4/c1-4-11-20-16(17)10-8-13-7-9-14(18-5-2)12-15(13)19-6-3/h7-10,12H,4-6,11H2,1-3H3. The highest BCUT2D eigenvalue weighted by atomic mass is 16.5. The first-order valence-electron chi connectivity index (χ1n) is 6.95. The third-order valence-corrected chi connectivity index (χ3v) is 2.44. The van der Waals surface area contributed by atoms with E-state index in [9.17, 15) is 4.79 Å². The lowest BCUT2D eigenvalue weighted by Crippen LogP contribution is -2.01. The molecule has 1 aromatic rings. The van der Waals surface area contributed by atoms with Gasteiger partial charge in [0.2, 0.25) is 0 Å². The van der Waals surface area contributed by atoms with Crippen LogP contribution >= 0.6 is 0 Å². The van der Waals surface area contributed by atoms with Crippen LogP contribution in [0.15, 0.2) is 24.3 Å². The molecule has 0 unspecified atom stereocenters. The summed E-state index contributed by atoms with van der Waals surface area (Å²) in [6, 6.07) is 5.53. The fourth-order valence-electron chi connectivity index (χ4n) is 1.60. The van der Waals surface area contributed by atoms with Crippen molar-refractivity contribution in [2.24, 2.45) is 0 Å². The summed E-state index contributed by atoms with van der Waals surface area (Å²) >= 11 is 0. The average Bonchev–Trinajstić information content (AvgIpc) is 2.45. The van der Waals surface area contributed by atoms with E-state index in [0.29, 0.717) is 25.6 Å². The van der Waals surface area contributed by atoms with Crippen LogP contribution in [0.1, 0.15) is 32.8 Å². The molecule has 0 N–H and O–H groups in total. The molecule has 0 radical (unpaired) electrons. The summed E-state index contributed by atoms with van der Waals surface area (Å²) in [7, 11) is 0. The topological polar surface area (TPSA) is 44.8 Å². The van der Waals surface area contributed by atoms with E-state index in [1.165, 1.54) is 6.08 Å². The van der Waals surface area contributed by atoms with Crippen LogP contribution in [-0.2, 0) is 9.53 Å². The summed E-state index contributed by atoms with van der Waals surface area (Å²) in [6.07, 6.45) is 3.92. The lowest BCUT2D eigenvalue weighted by molar-refractivity contribution is -0.137. The number of benzene rings is 1. The Morgan fingerprint density at radius 3 is 2.55 bits per heavy atom. The highest BCUT2D eigenvalue weighted by molar-refractivity contribution is 5.87. The van der Waals surface area contributed by atoms with E-state index >= 15 is 0 Å². The zero-order valence-electron chi connectivity index (χ0n) is 12.3. The summed E-state index contributed by atoms with van der Waals surface area (Å²) in [4.78, 5) is 11.4. The van der Waals surface area contributed by atoms with Crippen LogP contribution in [0.4, 0.5) is 0 Å². The SMILES string of the molecule is CCCOC(=O)C=Cc1ccc(OCC)cc1OCC. The molecule has 0 atom stereocenters. The Morgan fingerprint density at radius 1 is 1.15 bits per heavy atom. The van der Waals surface area contributed by atoms with Crippen molar-refractivity contribution in [1.29, 1.82) is 0 Å². The van der Waals surface area contributed by atoms with Crippen molar-refractivity contribution in [1.82, 2.24) is 0 Å². The largest absolute Gasteiger partial charge is 0.494 e. The van der Waals surface area contributed by atoms with Crippen LogP contribution in [0.2, 0.25) is 0 Å². The van der Waals surface area contributed by atoms with Gasteiger partial charge in [-0.2, -0.15) is 0 Å². The molecule has 0 fully saturated rings. The van der Waals surface area contributed by atoms with Crippen molar-refractivity contribution < 1.29 is 19.0 Å². The average molecular weight is 278 g/mol. The lowest BCUT2D eigenvalue weighted by Gasteiger charge is -2.10. The summed E-state index contributed by atoms with van der Waals surface area (Å²) in [5.74, 6) is 1.10.